The topological polar surface area (TPSA) is 61.0 Å². The lowest BCUT2D eigenvalue weighted by atomic mass is 10.2. The first-order valence-corrected chi connectivity index (χ1v) is 5.59. The Morgan fingerprint density at radius 3 is 2.94 bits per heavy atom. The molecule has 0 saturated carbocycles. The number of alkyl halides is 1. The van der Waals surface area contributed by atoms with Gasteiger partial charge in [-0.2, -0.15) is 5.10 Å². The van der Waals surface area contributed by atoms with Gasteiger partial charge in [0.15, 0.2) is 0 Å². The summed E-state index contributed by atoms with van der Waals surface area (Å²) < 4.78 is 1.43. The van der Waals surface area contributed by atoms with E-state index in [0.717, 1.165) is 0 Å². The molecule has 0 amide bonds. The highest BCUT2D eigenvalue weighted by atomic mass is 35.5. The Hall–Kier alpha value is -2.32. The number of nitrogens with zero attached hydrogens (tertiary/aromatic N) is 3. The first-order valence-electron chi connectivity index (χ1n) is 5.05. The van der Waals surface area contributed by atoms with E-state index in [1.54, 1.807) is 24.4 Å². The first-order chi connectivity index (χ1) is 8.72. The molecule has 18 heavy (non-hydrogen) atoms. The van der Waals surface area contributed by atoms with Crippen molar-refractivity contribution in [2.24, 2.45) is 0 Å². The molecule has 0 atom stereocenters. The van der Waals surface area contributed by atoms with Crippen LogP contribution in [0.5, 0.6) is 0 Å². The lowest BCUT2D eigenvalue weighted by Crippen LogP contribution is -1.99. The molecular weight excluding hydrogens is 254 g/mol. The molecule has 0 N–H and O–H groups in total. The molecule has 0 aliphatic heterocycles. The molecule has 0 bridgehead atoms. The van der Waals surface area contributed by atoms with Gasteiger partial charge in [-0.25, -0.2) is 4.68 Å². The number of hydrogen-bond donors (Lipinski definition) is 0. The molecule has 1 aromatic carbocycles. The smallest absolute Gasteiger partial charge is 0.258 e. The second kappa shape index (κ2) is 5.34. The Bertz CT molecular complexity index is 640. The number of halogens is 1. The summed E-state index contributed by atoms with van der Waals surface area (Å²) in [5, 5.41) is 14.9. The maximum Gasteiger partial charge on any atom is 0.294 e. The van der Waals surface area contributed by atoms with Crippen LogP contribution >= 0.6 is 11.6 Å². The molecule has 0 radical (unpaired) electrons. The van der Waals surface area contributed by atoms with Crippen LogP contribution in [-0.4, -0.2) is 20.6 Å². The van der Waals surface area contributed by atoms with Crippen molar-refractivity contribution >= 4 is 17.3 Å². The molecule has 0 spiro atoms. The van der Waals surface area contributed by atoms with Gasteiger partial charge in [-0.1, -0.05) is 24.0 Å². The fourth-order valence-electron chi connectivity index (χ4n) is 1.47. The van der Waals surface area contributed by atoms with Crippen LogP contribution in [0.2, 0.25) is 0 Å². The van der Waals surface area contributed by atoms with Gasteiger partial charge in [0.05, 0.1) is 22.6 Å². The molecule has 90 valence electrons. The molecule has 0 unspecified atom stereocenters. The largest absolute Gasteiger partial charge is 0.294 e. The summed E-state index contributed by atoms with van der Waals surface area (Å²) in [5.74, 6) is 5.73. The monoisotopic (exact) mass is 261 g/mol. The second-order valence-corrected chi connectivity index (χ2v) is 3.62. The van der Waals surface area contributed by atoms with E-state index in [9.17, 15) is 10.1 Å². The van der Waals surface area contributed by atoms with Crippen molar-refractivity contribution in [1.82, 2.24) is 9.78 Å². The van der Waals surface area contributed by atoms with Gasteiger partial charge in [-0.15, -0.1) is 11.6 Å². The molecule has 1 heterocycles. The van der Waals surface area contributed by atoms with Crippen LogP contribution in [0.1, 0.15) is 5.56 Å². The molecule has 5 nitrogen and oxygen atoms in total. The predicted molar refractivity (Wildman–Crippen MR) is 67.8 cm³/mol. The fraction of sp³-hybridized carbons (Fsp3) is 0.0833. The maximum absolute atomic E-state index is 10.9. The van der Waals surface area contributed by atoms with E-state index in [2.05, 4.69) is 16.9 Å². The number of aromatic nitrogens is 2. The molecule has 0 saturated heterocycles. The highest BCUT2D eigenvalue weighted by molar-refractivity contribution is 6.19. The van der Waals surface area contributed by atoms with Crippen LogP contribution in [0.4, 0.5) is 5.69 Å². The van der Waals surface area contributed by atoms with Crippen molar-refractivity contribution in [3.8, 4) is 17.5 Å². The van der Waals surface area contributed by atoms with Gasteiger partial charge >= 0.3 is 0 Å². The molecule has 2 rings (SSSR count). The van der Waals surface area contributed by atoms with Gasteiger partial charge in [-0.3, -0.25) is 10.1 Å². The summed E-state index contributed by atoms with van der Waals surface area (Å²) in [6.45, 7) is 0. The lowest BCUT2D eigenvalue weighted by Gasteiger charge is -2.01. The lowest BCUT2D eigenvalue weighted by molar-refractivity contribution is -0.384. The molecule has 0 aliphatic carbocycles. The van der Waals surface area contributed by atoms with Crippen molar-refractivity contribution in [2.45, 2.75) is 0 Å². The molecule has 6 heteroatoms. The van der Waals surface area contributed by atoms with Crippen molar-refractivity contribution in [1.29, 1.82) is 0 Å². The molecule has 1 aromatic heterocycles. The second-order valence-electron chi connectivity index (χ2n) is 3.35. The first kappa shape index (κ1) is 12.1. The average Bonchev–Trinajstić information content (AvgIpc) is 2.85. The number of nitro benzene ring substituents is 1. The normalized spacial score (nSPS) is 9.61. The van der Waals surface area contributed by atoms with Gasteiger partial charge < -0.3 is 0 Å². The van der Waals surface area contributed by atoms with Crippen LogP contribution in [0.3, 0.4) is 0 Å². The van der Waals surface area contributed by atoms with Crippen LogP contribution in [-0.2, 0) is 0 Å². The maximum atomic E-state index is 10.9. The van der Waals surface area contributed by atoms with E-state index in [0.29, 0.717) is 11.3 Å². The van der Waals surface area contributed by atoms with E-state index in [-0.39, 0.29) is 11.6 Å². The minimum absolute atomic E-state index is 0.00236. The minimum atomic E-state index is -0.443. The summed E-state index contributed by atoms with van der Waals surface area (Å²) in [4.78, 5) is 10.4. The number of benzene rings is 1. The zero-order chi connectivity index (χ0) is 13.0. The van der Waals surface area contributed by atoms with E-state index in [1.807, 2.05) is 0 Å². The van der Waals surface area contributed by atoms with E-state index >= 15 is 0 Å². The zero-order valence-corrected chi connectivity index (χ0v) is 9.96. The van der Waals surface area contributed by atoms with Crippen LogP contribution < -0.4 is 0 Å². The summed E-state index contributed by atoms with van der Waals surface area (Å²) in [5.41, 5.74) is 1.06. The summed E-state index contributed by atoms with van der Waals surface area (Å²) in [7, 11) is 0. The van der Waals surface area contributed by atoms with Crippen molar-refractivity contribution in [2.75, 3.05) is 5.88 Å². The number of hydrogen-bond acceptors (Lipinski definition) is 3. The highest BCUT2D eigenvalue weighted by Gasteiger charge is 2.14. The number of nitro groups is 1. The average molecular weight is 262 g/mol. The van der Waals surface area contributed by atoms with Gasteiger partial charge in [-0.05, 0) is 6.07 Å². The fourth-order valence-corrected chi connectivity index (χ4v) is 1.53. The third-order valence-corrected chi connectivity index (χ3v) is 2.34. The Kier molecular flexibility index (Phi) is 3.60. The van der Waals surface area contributed by atoms with Crippen molar-refractivity contribution in [3.05, 3.63) is 52.3 Å². The molecule has 2 aromatic rings. The Morgan fingerprint density at radius 2 is 2.22 bits per heavy atom. The summed E-state index contributed by atoms with van der Waals surface area (Å²) in [6, 6.07) is 6.39. The summed E-state index contributed by atoms with van der Waals surface area (Å²) in [6.07, 6.45) is 3.16. The van der Waals surface area contributed by atoms with Crippen LogP contribution in [0, 0.1) is 22.0 Å². The van der Waals surface area contributed by atoms with Crippen molar-refractivity contribution in [3.63, 3.8) is 0 Å². The van der Waals surface area contributed by atoms with Gasteiger partial charge in [0.1, 0.15) is 5.69 Å². The Labute approximate surface area is 108 Å². The Balaban J connectivity index is 2.43. The molecule has 0 aliphatic rings. The standard InChI is InChI=1S/C12H8ClN3O2/c13-7-3-4-10-8-14-15(9-10)11-5-1-2-6-12(11)16(17)18/h1-2,5-6,8-9H,7H2. The number of para-hydroxylation sites is 2. The van der Waals surface area contributed by atoms with Gasteiger partial charge in [0.2, 0.25) is 0 Å². The molecule has 0 fully saturated rings. The zero-order valence-electron chi connectivity index (χ0n) is 9.21. The van der Waals surface area contributed by atoms with E-state index in [4.69, 9.17) is 11.6 Å². The van der Waals surface area contributed by atoms with Gasteiger partial charge in [0, 0.05) is 12.3 Å². The Morgan fingerprint density at radius 1 is 1.44 bits per heavy atom. The van der Waals surface area contributed by atoms with E-state index in [1.165, 1.54) is 16.9 Å². The van der Waals surface area contributed by atoms with Gasteiger partial charge in [0.25, 0.3) is 5.69 Å². The third kappa shape index (κ3) is 2.50. The quantitative estimate of drug-likeness (QED) is 0.361. The molecular formula is C12H8ClN3O2. The SMILES string of the molecule is O=[N+]([O-])c1ccccc1-n1cc(C#CCCl)cn1. The van der Waals surface area contributed by atoms with Crippen molar-refractivity contribution < 1.29 is 4.92 Å². The summed E-state index contributed by atoms with van der Waals surface area (Å²) >= 11 is 5.45. The minimum Gasteiger partial charge on any atom is -0.258 e. The van der Waals surface area contributed by atoms with E-state index < -0.39 is 4.92 Å². The predicted octanol–water partition coefficient (Wildman–Crippen LogP) is 2.37. The highest BCUT2D eigenvalue weighted by Crippen LogP contribution is 2.21. The number of rotatable bonds is 2. The third-order valence-electron chi connectivity index (χ3n) is 2.21. The van der Waals surface area contributed by atoms with Crippen LogP contribution in [0.15, 0.2) is 36.7 Å². The van der Waals surface area contributed by atoms with Crippen LogP contribution in [0.25, 0.3) is 5.69 Å².